The van der Waals surface area contributed by atoms with Crippen LogP contribution in [0.5, 0.6) is 11.5 Å². The van der Waals surface area contributed by atoms with Gasteiger partial charge in [-0.1, -0.05) is 0 Å². The molecule has 0 aliphatic carbocycles. The van der Waals surface area contributed by atoms with E-state index in [0.717, 1.165) is 12.1 Å². The first-order valence-electron chi connectivity index (χ1n) is 9.03. The Balaban J connectivity index is 1.70. The molecule has 10 heteroatoms. The quantitative estimate of drug-likeness (QED) is 0.670. The Morgan fingerprint density at radius 3 is 2.86 bits per heavy atom. The first-order chi connectivity index (χ1) is 14.1. The average molecular weight is 398 g/mol. The van der Waals surface area contributed by atoms with E-state index >= 15 is 0 Å². The predicted octanol–water partition coefficient (Wildman–Crippen LogP) is 1.68. The van der Waals surface area contributed by atoms with E-state index in [-0.39, 0.29) is 17.6 Å². The van der Waals surface area contributed by atoms with Gasteiger partial charge in [0.25, 0.3) is 0 Å². The molecule has 0 bridgehead atoms. The molecule has 2 aromatic rings. The van der Waals surface area contributed by atoms with E-state index in [1.165, 1.54) is 12.4 Å². The summed E-state index contributed by atoms with van der Waals surface area (Å²) in [4.78, 5) is 20.2. The highest BCUT2D eigenvalue weighted by molar-refractivity contribution is 6.00. The van der Waals surface area contributed by atoms with Crippen molar-refractivity contribution in [2.45, 2.75) is 13.0 Å². The monoisotopic (exact) mass is 398 g/mol. The van der Waals surface area contributed by atoms with Gasteiger partial charge in [0, 0.05) is 19.2 Å². The lowest BCUT2D eigenvalue weighted by molar-refractivity contribution is 0.000312. The number of nitriles is 1. The van der Waals surface area contributed by atoms with E-state index in [1.807, 2.05) is 13.0 Å². The number of urea groups is 1. The number of nitrogens with zero attached hydrogens (tertiary/aromatic N) is 3. The predicted molar refractivity (Wildman–Crippen MR) is 105 cm³/mol. The van der Waals surface area contributed by atoms with Gasteiger partial charge in [0.2, 0.25) is 0 Å². The first-order valence-corrected chi connectivity index (χ1v) is 9.03. The van der Waals surface area contributed by atoms with Gasteiger partial charge in [-0.3, -0.25) is 5.32 Å². The number of nitrogens with one attached hydrogen (secondary N) is 3. The third-order valence-corrected chi connectivity index (χ3v) is 4.18. The first kappa shape index (κ1) is 20.3. The second-order valence-electron chi connectivity index (χ2n) is 6.30. The molecule has 2 heterocycles. The van der Waals surface area contributed by atoms with Gasteiger partial charge in [0.05, 0.1) is 31.8 Å². The summed E-state index contributed by atoms with van der Waals surface area (Å²) in [6.07, 6.45) is 2.51. The molecule has 10 nitrogen and oxygen atoms in total. The zero-order valence-electron chi connectivity index (χ0n) is 16.2. The van der Waals surface area contributed by atoms with Crippen LogP contribution in [0.3, 0.4) is 0 Å². The van der Waals surface area contributed by atoms with E-state index in [1.54, 1.807) is 19.2 Å². The van der Waals surface area contributed by atoms with Crippen molar-refractivity contribution in [3.05, 3.63) is 35.8 Å². The van der Waals surface area contributed by atoms with E-state index in [4.69, 9.17) is 19.5 Å². The second-order valence-corrected chi connectivity index (χ2v) is 6.30. The third-order valence-electron chi connectivity index (χ3n) is 4.18. The highest BCUT2D eigenvalue weighted by Crippen LogP contribution is 2.33. The van der Waals surface area contributed by atoms with Gasteiger partial charge in [-0.2, -0.15) is 5.26 Å². The van der Waals surface area contributed by atoms with Crippen LogP contribution in [0.2, 0.25) is 0 Å². The summed E-state index contributed by atoms with van der Waals surface area (Å²) in [6, 6.07) is 4.84. The van der Waals surface area contributed by atoms with Gasteiger partial charge >= 0.3 is 6.03 Å². The minimum Gasteiger partial charge on any atom is -0.496 e. The topological polar surface area (TPSA) is 130 Å². The molecule has 29 heavy (non-hydrogen) atoms. The standard InChI is InChI=1S/C19H22N6O4/c1-12-5-15(24-19(26)25-18-10-22-13(7-20)8-23-18)17(6-16(12)27-2)29-11-14-9-21-3-4-28-14/h5-6,8,10,14,21H,3-4,9,11H2,1-2H3,(H2,23,24,25,26)/t14-/m0/s1. The summed E-state index contributed by atoms with van der Waals surface area (Å²) in [7, 11) is 1.57. The lowest BCUT2D eigenvalue weighted by Gasteiger charge is -2.24. The second kappa shape index (κ2) is 9.68. The zero-order chi connectivity index (χ0) is 20.6. The summed E-state index contributed by atoms with van der Waals surface area (Å²) in [5.74, 6) is 1.32. The molecule has 1 fully saturated rings. The van der Waals surface area contributed by atoms with Gasteiger partial charge in [-0.15, -0.1) is 0 Å². The fourth-order valence-electron chi connectivity index (χ4n) is 2.74. The van der Waals surface area contributed by atoms with Crippen LogP contribution in [0.25, 0.3) is 0 Å². The number of aryl methyl sites for hydroxylation is 1. The van der Waals surface area contributed by atoms with Gasteiger partial charge in [0.15, 0.2) is 11.5 Å². The maximum absolute atomic E-state index is 12.4. The minimum absolute atomic E-state index is 0.0772. The Kier molecular flexibility index (Phi) is 6.78. The number of ether oxygens (including phenoxy) is 3. The van der Waals surface area contributed by atoms with Crippen molar-refractivity contribution < 1.29 is 19.0 Å². The number of carbonyl (C=O) groups is 1. The number of methoxy groups -OCH3 is 1. The maximum atomic E-state index is 12.4. The number of morpholine rings is 1. The molecule has 0 unspecified atom stereocenters. The molecular weight excluding hydrogens is 376 g/mol. The fraction of sp³-hybridized carbons (Fsp3) is 0.368. The van der Waals surface area contributed by atoms with Crippen molar-refractivity contribution in [1.82, 2.24) is 15.3 Å². The molecule has 0 saturated carbocycles. The molecule has 1 aliphatic rings. The molecule has 3 N–H and O–H groups in total. The van der Waals surface area contributed by atoms with Gasteiger partial charge in [0.1, 0.15) is 30.3 Å². The number of anilines is 2. The molecule has 1 aliphatic heterocycles. The molecular formula is C19H22N6O4. The van der Waals surface area contributed by atoms with Gasteiger partial charge in [-0.25, -0.2) is 14.8 Å². The molecule has 1 saturated heterocycles. The van der Waals surface area contributed by atoms with Gasteiger partial charge in [-0.05, 0) is 18.6 Å². The van der Waals surface area contributed by atoms with Crippen LogP contribution in [0, 0.1) is 18.3 Å². The molecule has 0 spiro atoms. The van der Waals surface area contributed by atoms with Crippen molar-refractivity contribution in [1.29, 1.82) is 5.26 Å². The summed E-state index contributed by atoms with van der Waals surface area (Å²) in [5, 5.41) is 17.3. The van der Waals surface area contributed by atoms with Crippen LogP contribution in [0.4, 0.5) is 16.3 Å². The fourth-order valence-corrected chi connectivity index (χ4v) is 2.74. The van der Waals surface area contributed by atoms with Crippen molar-refractivity contribution in [2.75, 3.05) is 44.0 Å². The molecule has 1 aromatic carbocycles. The van der Waals surface area contributed by atoms with Crippen molar-refractivity contribution in [2.24, 2.45) is 0 Å². The van der Waals surface area contributed by atoms with Crippen molar-refractivity contribution in [3.8, 4) is 17.6 Å². The SMILES string of the molecule is COc1cc(OC[C@@H]2CNCCO2)c(NC(=O)Nc2cnc(C#N)cn2)cc1C. The Labute approximate surface area is 168 Å². The summed E-state index contributed by atoms with van der Waals surface area (Å²) in [6.45, 7) is 4.34. The Hall–Kier alpha value is -3.42. The lowest BCUT2D eigenvalue weighted by atomic mass is 10.2. The van der Waals surface area contributed by atoms with Crippen LogP contribution in [0.1, 0.15) is 11.3 Å². The van der Waals surface area contributed by atoms with Crippen molar-refractivity contribution >= 4 is 17.5 Å². The highest BCUT2D eigenvalue weighted by atomic mass is 16.5. The maximum Gasteiger partial charge on any atom is 0.324 e. The smallest absolute Gasteiger partial charge is 0.324 e. The number of carbonyl (C=O) groups excluding carboxylic acids is 1. The summed E-state index contributed by atoms with van der Waals surface area (Å²) in [5.41, 5.74) is 1.48. The number of benzene rings is 1. The Bertz CT molecular complexity index is 891. The largest absolute Gasteiger partial charge is 0.496 e. The van der Waals surface area contributed by atoms with Crippen molar-refractivity contribution in [3.63, 3.8) is 0 Å². The minimum atomic E-state index is -0.519. The number of amides is 2. The number of hydrogen-bond donors (Lipinski definition) is 3. The van der Waals surface area contributed by atoms with Crippen LogP contribution < -0.4 is 25.4 Å². The molecule has 152 valence electrons. The van der Waals surface area contributed by atoms with Crippen LogP contribution in [-0.2, 0) is 4.74 Å². The Morgan fingerprint density at radius 2 is 2.21 bits per heavy atom. The van der Waals surface area contributed by atoms with Crippen LogP contribution in [0.15, 0.2) is 24.5 Å². The number of aromatic nitrogens is 2. The van der Waals surface area contributed by atoms with E-state index in [9.17, 15) is 4.79 Å². The summed E-state index contributed by atoms with van der Waals surface area (Å²) < 4.78 is 16.9. The van der Waals surface area contributed by atoms with Crippen LogP contribution >= 0.6 is 0 Å². The normalized spacial score (nSPS) is 15.8. The molecule has 2 amide bonds. The highest BCUT2D eigenvalue weighted by Gasteiger charge is 2.17. The third kappa shape index (κ3) is 5.54. The van der Waals surface area contributed by atoms with E-state index in [2.05, 4.69) is 25.9 Å². The Morgan fingerprint density at radius 1 is 1.34 bits per heavy atom. The molecule has 3 rings (SSSR count). The number of rotatable bonds is 6. The van der Waals surface area contributed by atoms with Gasteiger partial charge < -0.3 is 24.8 Å². The average Bonchev–Trinajstić information content (AvgIpc) is 2.74. The summed E-state index contributed by atoms with van der Waals surface area (Å²) >= 11 is 0. The number of hydrogen-bond acceptors (Lipinski definition) is 8. The van der Waals surface area contributed by atoms with Crippen LogP contribution in [-0.4, -0.2) is 55.5 Å². The van der Waals surface area contributed by atoms with E-state index in [0.29, 0.717) is 36.9 Å². The molecule has 1 atom stereocenters. The zero-order valence-corrected chi connectivity index (χ0v) is 16.2. The van der Waals surface area contributed by atoms with E-state index < -0.39 is 6.03 Å². The molecule has 0 radical (unpaired) electrons. The lowest BCUT2D eigenvalue weighted by Crippen LogP contribution is -2.41. The molecule has 1 aromatic heterocycles.